The largest absolute Gasteiger partial charge is 0.354 e. The van der Waals surface area contributed by atoms with Gasteiger partial charge in [0.2, 0.25) is 5.91 Å². The van der Waals surface area contributed by atoms with Crippen molar-refractivity contribution in [2.45, 2.75) is 26.3 Å². The topological polar surface area (TPSA) is 78.5 Å². The van der Waals surface area contributed by atoms with E-state index >= 15 is 0 Å². The molecular weight excluding hydrogens is 318 g/mol. The van der Waals surface area contributed by atoms with E-state index in [2.05, 4.69) is 10.6 Å². The summed E-state index contributed by atoms with van der Waals surface area (Å²) in [7, 11) is 0. The predicted octanol–water partition coefficient (Wildman–Crippen LogP) is 1.58. The van der Waals surface area contributed by atoms with Gasteiger partial charge in [-0.3, -0.25) is 14.5 Å². The predicted molar refractivity (Wildman–Crippen MR) is 87.0 cm³/mol. The first-order chi connectivity index (χ1) is 10.9. The van der Waals surface area contributed by atoms with Gasteiger partial charge in [-0.2, -0.15) is 0 Å². The fourth-order valence-electron chi connectivity index (χ4n) is 2.34. The molecule has 1 aliphatic heterocycles. The Kier molecular flexibility index (Phi) is 5.60. The Hall–Kier alpha value is -2.08. The molecule has 0 aromatic heterocycles. The molecule has 1 aromatic rings. The first-order valence-electron chi connectivity index (χ1n) is 7.51. The van der Waals surface area contributed by atoms with Crippen LogP contribution < -0.4 is 10.6 Å². The second-order valence-electron chi connectivity index (χ2n) is 5.82. The van der Waals surface area contributed by atoms with E-state index in [9.17, 15) is 14.4 Å². The minimum Gasteiger partial charge on any atom is -0.354 e. The highest BCUT2D eigenvalue weighted by atomic mass is 35.5. The molecule has 1 atom stereocenters. The van der Waals surface area contributed by atoms with E-state index in [-0.39, 0.29) is 24.3 Å². The zero-order valence-electron chi connectivity index (χ0n) is 13.1. The molecule has 124 valence electrons. The number of nitrogens with one attached hydrogen (secondary N) is 2. The molecule has 0 radical (unpaired) electrons. The maximum absolute atomic E-state index is 12.1. The molecule has 1 unspecified atom stereocenters. The molecule has 0 spiro atoms. The Morgan fingerprint density at radius 2 is 1.96 bits per heavy atom. The van der Waals surface area contributed by atoms with Gasteiger partial charge in [-0.15, -0.1) is 0 Å². The van der Waals surface area contributed by atoms with E-state index in [0.717, 1.165) is 10.5 Å². The average Bonchev–Trinajstić information content (AvgIpc) is 2.77. The lowest BCUT2D eigenvalue weighted by Gasteiger charge is -2.14. The van der Waals surface area contributed by atoms with Crippen molar-refractivity contribution in [2.24, 2.45) is 5.92 Å². The highest BCUT2D eigenvalue weighted by Gasteiger charge is 2.40. The van der Waals surface area contributed by atoms with Crippen LogP contribution in [0.25, 0.3) is 0 Å². The third-order valence-corrected chi connectivity index (χ3v) is 3.93. The summed E-state index contributed by atoms with van der Waals surface area (Å²) in [6.45, 7) is 3.86. The SMILES string of the molecule is CC(C)C1NC(=O)N(CC(=O)NCCc2ccc(Cl)cc2)C1=O. The molecule has 1 heterocycles. The summed E-state index contributed by atoms with van der Waals surface area (Å²) in [6.07, 6.45) is 0.650. The molecule has 0 bridgehead atoms. The summed E-state index contributed by atoms with van der Waals surface area (Å²) < 4.78 is 0. The molecule has 23 heavy (non-hydrogen) atoms. The maximum atomic E-state index is 12.1. The Morgan fingerprint density at radius 1 is 1.30 bits per heavy atom. The number of amides is 4. The zero-order valence-corrected chi connectivity index (χ0v) is 13.9. The summed E-state index contributed by atoms with van der Waals surface area (Å²) in [6, 6.07) is 6.29. The third kappa shape index (κ3) is 4.45. The van der Waals surface area contributed by atoms with E-state index in [0.29, 0.717) is 18.0 Å². The van der Waals surface area contributed by atoms with Crippen molar-refractivity contribution >= 4 is 29.4 Å². The highest BCUT2D eigenvalue weighted by Crippen LogP contribution is 2.13. The van der Waals surface area contributed by atoms with Crippen molar-refractivity contribution in [3.63, 3.8) is 0 Å². The van der Waals surface area contributed by atoms with E-state index < -0.39 is 12.1 Å². The molecule has 1 fully saturated rings. The van der Waals surface area contributed by atoms with Gasteiger partial charge in [0.05, 0.1) is 0 Å². The molecule has 1 aliphatic rings. The fraction of sp³-hybridized carbons (Fsp3) is 0.438. The highest BCUT2D eigenvalue weighted by molar-refractivity contribution is 6.30. The van der Waals surface area contributed by atoms with E-state index in [4.69, 9.17) is 11.6 Å². The molecule has 6 nitrogen and oxygen atoms in total. The number of rotatable bonds is 6. The molecule has 0 aliphatic carbocycles. The van der Waals surface area contributed by atoms with Crippen LogP contribution in [0.4, 0.5) is 4.79 Å². The number of nitrogens with zero attached hydrogens (tertiary/aromatic N) is 1. The van der Waals surface area contributed by atoms with Gasteiger partial charge in [0.15, 0.2) is 0 Å². The number of carbonyl (C=O) groups excluding carboxylic acids is 3. The van der Waals surface area contributed by atoms with Crippen molar-refractivity contribution in [3.05, 3.63) is 34.9 Å². The van der Waals surface area contributed by atoms with Crippen LogP contribution in [0, 0.1) is 5.92 Å². The molecule has 1 aromatic carbocycles. The number of halogens is 1. The lowest BCUT2D eigenvalue weighted by Crippen LogP contribution is -2.42. The molecular formula is C16H20ClN3O3. The van der Waals surface area contributed by atoms with Crippen LogP contribution in [-0.2, 0) is 16.0 Å². The molecule has 1 saturated heterocycles. The van der Waals surface area contributed by atoms with Gasteiger partial charge in [-0.1, -0.05) is 37.6 Å². The quantitative estimate of drug-likeness (QED) is 0.773. The summed E-state index contributed by atoms with van der Waals surface area (Å²) in [4.78, 5) is 36.7. The van der Waals surface area contributed by atoms with Crippen molar-refractivity contribution in [1.29, 1.82) is 0 Å². The standard InChI is InChI=1S/C16H20ClN3O3/c1-10(2)14-15(22)20(16(23)19-14)9-13(21)18-8-7-11-3-5-12(17)6-4-11/h3-6,10,14H,7-9H2,1-2H3,(H,18,21)(H,19,23). The number of hydrogen-bond donors (Lipinski definition) is 2. The number of carbonyl (C=O) groups is 3. The summed E-state index contributed by atoms with van der Waals surface area (Å²) in [5.74, 6) is -0.714. The summed E-state index contributed by atoms with van der Waals surface area (Å²) in [5.41, 5.74) is 1.05. The lowest BCUT2D eigenvalue weighted by atomic mass is 10.1. The van der Waals surface area contributed by atoms with Gasteiger partial charge in [-0.25, -0.2) is 4.79 Å². The van der Waals surface area contributed by atoms with Gasteiger partial charge in [0, 0.05) is 11.6 Å². The number of hydrogen-bond acceptors (Lipinski definition) is 3. The van der Waals surface area contributed by atoms with Crippen molar-refractivity contribution in [3.8, 4) is 0 Å². The Labute approximate surface area is 140 Å². The number of benzene rings is 1. The Morgan fingerprint density at radius 3 is 2.52 bits per heavy atom. The zero-order chi connectivity index (χ0) is 17.0. The minimum absolute atomic E-state index is 0.00980. The fourth-order valence-corrected chi connectivity index (χ4v) is 2.47. The van der Waals surface area contributed by atoms with Crippen LogP contribution in [0.3, 0.4) is 0 Å². The van der Waals surface area contributed by atoms with Gasteiger partial charge in [0.25, 0.3) is 5.91 Å². The van der Waals surface area contributed by atoms with Gasteiger partial charge in [0.1, 0.15) is 12.6 Å². The van der Waals surface area contributed by atoms with Crippen LogP contribution >= 0.6 is 11.6 Å². The second-order valence-corrected chi connectivity index (χ2v) is 6.26. The normalized spacial score (nSPS) is 17.6. The molecule has 2 rings (SSSR count). The first kappa shape index (κ1) is 17.3. The molecule has 2 N–H and O–H groups in total. The van der Waals surface area contributed by atoms with Crippen molar-refractivity contribution < 1.29 is 14.4 Å². The average molecular weight is 338 g/mol. The van der Waals surface area contributed by atoms with E-state index in [1.165, 1.54) is 0 Å². The van der Waals surface area contributed by atoms with Crippen LogP contribution in [-0.4, -0.2) is 41.9 Å². The molecule has 7 heteroatoms. The Balaban J connectivity index is 1.79. The number of imide groups is 1. The first-order valence-corrected chi connectivity index (χ1v) is 7.89. The van der Waals surface area contributed by atoms with Crippen molar-refractivity contribution in [2.75, 3.05) is 13.1 Å². The van der Waals surface area contributed by atoms with Gasteiger partial charge in [-0.05, 0) is 30.0 Å². The smallest absolute Gasteiger partial charge is 0.325 e. The molecule has 4 amide bonds. The lowest BCUT2D eigenvalue weighted by molar-refractivity contribution is -0.132. The monoisotopic (exact) mass is 337 g/mol. The third-order valence-electron chi connectivity index (χ3n) is 3.67. The minimum atomic E-state index is -0.552. The van der Waals surface area contributed by atoms with E-state index in [1.54, 1.807) is 12.1 Å². The van der Waals surface area contributed by atoms with Crippen molar-refractivity contribution in [1.82, 2.24) is 15.5 Å². The van der Waals surface area contributed by atoms with Crippen LogP contribution in [0.5, 0.6) is 0 Å². The summed E-state index contributed by atoms with van der Waals surface area (Å²) in [5, 5.41) is 5.97. The van der Waals surface area contributed by atoms with Crippen LogP contribution in [0.2, 0.25) is 5.02 Å². The van der Waals surface area contributed by atoms with Gasteiger partial charge >= 0.3 is 6.03 Å². The number of urea groups is 1. The van der Waals surface area contributed by atoms with Crippen LogP contribution in [0.15, 0.2) is 24.3 Å². The second kappa shape index (κ2) is 7.46. The molecule has 0 saturated carbocycles. The van der Waals surface area contributed by atoms with Crippen LogP contribution in [0.1, 0.15) is 19.4 Å². The Bertz CT molecular complexity index is 601. The summed E-state index contributed by atoms with van der Waals surface area (Å²) >= 11 is 5.81. The van der Waals surface area contributed by atoms with E-state index in [1.807, 2.05) is 26.0 Å². The maximum Gasteiger partial charge on any atom is 0.325 e. The van der Waals surface area contributed by atoms with Gasteiger partial charge < -0.3 is 10.6 Å².